The molecule has 0 saturated carbocycles. The summed E-state index contributed by atoms with van der Waals surface area (Å²) in [6.45, 7) is 8.76. The van der Waals surface area contributed by atoms with Gasteiger partial charge in [-0.25, -0.2) is 4.79 Å². The lowest BCUT2D eigenvalue weighted by atomic mass is 9.99. The zero-order valence-electron chi connectivity index (χ0n) is 16.1. The number of amides is 2. The minimum atomic E-state index is -0.122. The third-order valence-corrected chi connectivity index (χ3v) is 5.54. The van der Waals surface area contributed by atoms with E-state index in [-0.39, 0.29) is 18.2 Å². The van der Waals surface area contributed by atoms with Crippen LogP contribution < -0.4 is 5.32 Å². The number of fused-ring (bicyclic) bond motifs is 1. The van der Waals surface area contributed by atoms with Crippen LogP contribution in [0, 0.1) is 0 Å². The number of piperazine rings is 1. The van der Waals surface area contributed by atoms with E-state index in [1.54, 1.807) is 0 Å². The number of nitrogens with zero attached hydrogens (tertiary/aromatic N) is 5. The summed E-state index contributed by atoms with van der Waals surface area (Å²) in [5, 5.41) is 20.9. The molecular weight excluding hydrogens is 332 g/mol. The lowest BCUT2D eigenvalue weighted by molar-refractivity contribution is 0.0244. The van der Waals surface area contributed by atoms with Crippen molar-refractivity contribution in [1.29, 1.82) is 0 Å². The second-order valence-electron chi connectivity index (χ2n) is 7.92. The molecule has 0 bridgehead atoms. The monoisotopic (exact) mass is 364 g/mol. The van der Waals surface area contributed by atoms with Gasteiger partial charge in [0.25, 0.3) is 0 Å². The first-order valence-corrected chi connectivity index (χ1v) is 9.81. The third-order valence-electron chi connectivity index (χ3n) is 5.54. The molecule has 0 radical (unpaired) electrons. The van der Waals surface area contributed by atoms with Crippen molar-refractivity contribution in [3.63, 3.8) is 0 Å². The lowest BCUT2D eigenvalue weighted by Gasteiger charge is -2.46. The van der Waals surface area contributed by atoms with E-state index in [2.05, 4.69) is 38.8 Å². The van der Waals surface area contributed by atoms with Gasteiger partial charge in [-0.2, -0.15) is 0 Å². The van der Waals surface area contributed by atoms with Crippen LogP contribution in [-0.2, 0) is 19.4 Å². The van der Waals surface area contributed by atoms with E-state index in [1.807, 2.05) is 4.90 Å². The zero-order valence-corrected chi connectivity index (χ0v) is 16.1. The molecule has 8 nitrogen and oxygen atoms in total. The zero-order chi connectivity index (χ0) is 18.6. The molecule has 26 heavy (non-hydrogen) atoms. The Hall–Kier alpha value is -1.67. The number of aryl methyl sites for hydroxylation is 1. The van der Waals surface area contributed by atoms with E-state index < -0.39 is 0 Å². The molecule has 8 heteroatoms. The van der Waals surface area contributed by atoms with Gasteiger partial charge in [0.15, 0.2) is 0 Å². The molecule has 146 valence electrons. The number of hydrogen-bond donors (Lipinski definition) is 2. The third kappa shape index (κ3) is 4.35. The fourth-order valence-corrected chi connectivity index (χ4v) is 4.02. The minimum Gasteiger partial charge on any atom is -0.395 e. The van der Waals surface area contributed by atoms with Crippen molar-refractivity contribution in [2.75, 3.05) is 39.3 Å². The van der Waals surface area contributed by atoms with Gasteiger partial charge in [0, 0.05) is 57.6 Å². The van der Waals surface area contributed by atoms with Gasteiger partial charge in [0.05, 0.1) is 6.61 Å². The summed E-state index contributed by atoms with van der Waals surface area (Å²) in [7, 11) is 0. The standard InChI is InChI=1S/C18H32N6O2/c1-18(2)14-22(10-11-23(18)12-13-25)17(26)19-8-7-16-21-20-15-6-4-3-5-9-24(15)16/h25H,3-14H2,1-2H3,(H,19,26). The van der Waals surface area contributed by atoms with Crippen molar-refractivity contribution in [2.24, 2.45) is 0 Å². The molecule has 1 fully saturated rings. The summed E-state index contributed by atoms with van der Waals surface area (Å²) < 4.78 is 2.23. The highest BCUT2D eigenvalue weighted by molar-refractivity contribution is 5.74. The Morgan fingerprint density at radius 1 is 1.19 bits per heavy atom. The van der Waals surface area contributed by atoms with Crippen LogP contribution in [0.5, 0.6) is 0 Å². The summed E-state index contributed by atoms with van der Waals surface area (Å²) in [6.07, 6.45) is 5.33. The average molecular weight is 364 g/mol. The molecule has 1 aromatic rings. The van der Waals surface area contributed by atoms with Crippen molar-refractivity contribution < 1.29 is 9.90 Å². The van der Waals surface area contributed by atoms with Crippen molar-refractivity contribution in [2.45, 2.75) is 58.0 Å². The maximum atomic E-state index is 12.5. The van der Waals surface area contributed by atoms with Gasteiger partial charge < -0.3 is 19.9 Å². The predicted octanol–water partition coefficient (Wildman–Crippen LogP) is 0.645. The number of β-amino-alcohol motifs (C(OH)–C–C–N with tert-alkyl or cyclic N) is 1. The van der Waals surface area contributed by atoms with Crippen molar-refractivity contribution in [1.82, 2.24) is 29.9 Å². The van der Waals surface area contributed by atoms with Gasteiger partial charge in [-0.05, 0) is 26.7 Å². The molecule has 0 spiro atoms. The van der Waals surface area contributed by atoms with E-state index in [0.717, 1.165) is 31.2 Å². The SMILES string of the molecule is CC1(C)CN(C(=O)NCCc2nnc3n2CCCCC3)CCN1CCO. The normalized spacial score (nSPS) is 20.5. The van der Waals surface area contributed by atoms with Gasteiger partial charge in [-0.1, -0.05) is 6.42 Å². The molecule has 3 heterocycles. The van der Waals surface area contributed by atoms with Crippen LogP contribution in [0.3, 0.4) is 0 Å². The molecule has 1 saturated heterocycles. The van der Waals surface area contributed by atoms with Crippen LogP contribution in [0.15, 0.2) is 0 Å². The molecule has 0 atom stereocenters. The van der Waals surface area contributed by atoms with E-state index in [4.69, 9.17) is 0 Å². The summed E-state index contributed by atoms with van der Waals surface area (Å²) in [5.74, 6) is 2.07. The number of carbonyl (C=O) groups is 1. The molecule has 0 aliphatic carbocycles. The quantitative estimate of drug-likeness (QED) is 0.801. The van der Waals surface area contributed by atoms with Crippen LogP contribution in [0.4, 0.5) is 4.79 Å². The van der Waals surface area contributed by atoms with Crippen LogP contribution in [-0.4, -0.2) is 80.6 Å². The van der Waals surface area contributed by atoms with E-state index >= 15 is 0 Å². The number of rotatable bonds is 5. The van der Waals surface area contributed by atoms with Crippen LogP contribution >= 0.6 is 0 Å². The number of aromatic nitrogens is 3. The van der Waals surface area contributed by atoms with Gasteiger partial charge in [0.1, 0.15) is 11.6 Å². The van der Waals surface area contributed by atoms with Crippen LogP contribution in [0.25, 0.3) is 0 Å². The maximum Gasteiger partial charge on any atom is 0.317 e. The summed E-state index contributed by atoms with van der Waals surface area (Å²) in [6, 6.07) is -0.0164. The van der Waals surface area contributed by atoms with E-state index in [0.29, 0.717) is 32.6 Å². The largest absolute Gasteiger partial charge is 0.395 e. The smallest absolute Gasteiger partial charge is 0.317 e. The highest BCUT2D eigenvalue weighted by Crippen LogP contribution is 2.20. The molecule has 2 amide bonds. The van der Waals surface area contributed by atoms with Crippen LogP contribution in [0.2, 0.25) is 0 Å². The topological polar surface area (TPSA) is 86.5 Å². The Morgan fingerprint density at radius 2 is 2.04 bits per heavy atom. The second-order valence-corrected chi connectivity index (χ2v) is 7.92. The highest BCUT2D eigenvalue weighted by Gasteiger charge is 2.35. The van der Waals surface area contributed by atoms with Gasteiger partial charge in [-0.15, -0.1) is 10.2 Å². The van der Waals surface area contributed by atoms with Crippen molar-refractivity contribution in [3.05, 3.63) is 11.6 Å². The van der Waals surface area contributed by atoms with Crippen molar-refractivity contribution in [3.8, 4) is 0 Å². The number of urea groups is 1. The van der Waals surface area contributed by atoms with Crippen molar-refractivity contribution >= 4 is 6.03 Å². The molecule has 2 N–H and O–H groups in total. The number of aliphatic hydroxyl groups is 1. The van der Waals surface area contributed by atoms with E-state index in [1.165, 1.54) is 19.3 Å². The molecular formula is C18H32N6O2. The molecule has 1 aromatic heterocycles. The number of carbonyl (C=O) groups excluding carboxylic acids is 1. The number of aliphatic hydroxyl groups excluding tert-OH is 1. The molecule has 0 aromatic carbocycles. The fourth-order valence-electron chi connectivity index (χ4n) is 4.02. The Bertz CT molecular complexity index is 615. The molecule has 2 aliphatic rings. The molecule has 0 unspecified atom stereocenters. The van der Waals surface area contributed by atoms with Crippen LogP contribution in [0.1, 0.15) is 44.8 Å². The predicted molar refractivity (Wildman–Crippen MR) is 99.0 cm³/mol. The summed E-state index contributed by atoms with van der Waals surface area (Å²) in [5.41, 5.74) is -0.122. The average Bonchev–Trinajstić information content (AvgIpc) is 2.83. The first-order valence-electron chi connectivity index (χ1n) is 9.81. The minimum absolute atomic E-state index is 0.0164. The van der Waals surface area contributed by atoms with E-state index in [9.17, 15) is 9.90 Å². The Labute approximate surface area is 155 Å². The maximum absolute atomic E-state index is 12.5. The fraction of sp³-hybridized carbons (Fsp3) is 0.833. The Kier molecular flexibility index (Phi) is 6.13. The summed E-state index contributed by atoms with van der Waals surface area (Å²) >= 11 is 0. The van der Waals surface area contributed by atoms with Gasteiger partial charge in [-0.3, -0.25) is 4.90 Å². The first-order chi connectivity index (χ1) is 12.5. The molecule has 3 rings (SSSR count). The number of nitrogens with one attached hydrogen (secondary N) is 1. The second kappa shape index (κ2) is 8.35. The highest BCUT2D eigenvalue weighted by atomic mass is 16.3. The van der Waals surface area contributed by atoms with Gasteiger partial charge >= 0.3 is 6.03 Å². The Balaban J connectivity index is 1.48. The Morgan fingerprint density at radius 3 is 2.81 bits per heavy atom. The number of hydrogen-bond acceptors (Lipinski definition) is 5. The first kappa shape index (κ1) is 19.1. The summed E-state index contributed by atoms with van der Waals surface area (Å²) in [4.78, 5) is 16.6. The molecule has 2 aliphatic heterocycles. The van der Waals surface area contributed by atoms with Gasteiger partial charge in [0.2, 0.25) is 0 Å². The lowest BCUT2D eigenvalue weighted by Crippen LogP contribution is -2.62.